The van der Waals surface area contributed by atoms with Gasteiger partial charge in [0.1, 0.15) is 18.5 Å². The highest BCUT2D eigenvalue weighted by Gasteiger charge is 2.11. The largest absolute Gasteiger partial charge is 0.489 e. The normalized spacial score (nSPS) is 14.3. The predicted octanol–water partition coefficient (Wildman–Crippen LogP) is 2.44. The van der Waals surface area contributed by atoms with Gasteiger partial charge < -0.3 is 19.8 Å². The summed E-state index contributed by atoms with van der Waals surface area (Å²) in [4.78, 5) is 1.94. The molecule has 2 unspecified atom stereocenters. The van der Waals surface area contributed by atoms with Crippen LogP contribution in [0.25, 0.3) is 0 Å². The third kappa shape index (κ3) is 6.77. The van der Waals surface area contributed by atoms with Crippen LogP contribution in [0.3, 0.4) is 0 Å². The molecule has 6 heteroatoms. The molecule has 0 saturated carbocycles. The van der Waals surface area contributed by atoms with Crippen molar-refractivity contribution in [1.29, 1.82) is 0 Å². The average molecular weight is 322 g/mol. The zero-order chi connectivity index (χ0) is 15.1. The molecular formula is C14H21Cl2NO3. The number of likely N-dealkylation sites (N-methyl/N-ethyl adjacent to an activating group) is 1. The van der Waals surface area contributed by atoms with Gasteiger partial charge in [0.15, 0.2) is 0 Å². The molecule has 114 valence electrons. The van der Waals surface area contributed by atoms with E-state index >= 15 is 0 Å². The molecule has 4 nitrogen and oxygen atoms in total. The fourth-order valence-electron chi connectivity index (χ4n) is 1.68. The number of hydrogen-bond donors (Lipinski definition) is 2. The quantitative estimate of drug-likeness (QED) is 0.772. The van der Waals surface area contributed by atoms with E-state index < -0.39 is 6.10 Å². The second-order valence-corrected chi connectivity index (χ2v) is 5.78. The number of nitrogens with zero attached hydrogens (tertiary/aromatic N) is 1. The highest BCUT2D eigenvalue weighted by Crippen LogP contribution is 2.27. The summed E-state index contributed by atoms with van der Waals surface area (Å²) in [7, 11) is 1.89. The number of benzene rings is 1. The van der Waals surface area contributed by atoms with E-state index in [1.807, 2.05) is 11.9 Å². The molecule has 0 aromatic heterocycles. The van der Waals surface area contributed by atoms with E-state index in [2.05, 4.69) is 0 Å². The lowest BCUT2D eigenvalue weighted by Crippen LogP contribution is -2.34. The summed E-state index contributed by atoms with van der Waals surface area (Å²) in [5.74, 6) is 0.463. The van der Waals surface area contributed by atoms with Crippen LogP contribution >= 0.6 is 23.2 Å². The smallest absolute Gasteiger partial charge is 0.139 e. The van der Waals surface area contributed by atoms with Crippen molar-refractivity contribution < 1.29 is 14.9 Å². The lowest BCUT2D eigenvalue weighted by atomic mass is 10.2. The van der Waals surface area contributed by atoms with E-state index in [9.17, 15) is 10.2 Å². The molecule has 0 heterocycles. The van der Waals surface area contributed by atoms with E-state index in [4.69, 9.17) is 27.9 Å². The molecule has 20 heavy (non-hydrogen) atoms. The molecule has 1 aromatic rings. The van der Waals surface area contributed by atoms with Gasteiger partial charge in [0.05, 0.1) is 11.1 Å². The molecule has 0 amide bonds. The Morgan fingerprint density at radius 3 is 2.65 bits per heavy atom. The van der Waals surface area contributed by atoms with Gasteiger partial charge in [0.2, 0.25) is 0 Å². The molecule has 2 atom stereocenters. The molecule has 0 bridgehead atoms. The number of ether oxygens (including phenoxy) is 1. The van der Waals surface area contributed by atoms with Crippen LogP contribution in [0, 0.1) is 0 Å². The molecular weight excluding hydrogens is 301 g/mol. The van der Waals surface area contributed by atoms with Crippen LogP contribution < -0.4 is 4.74 Å². The van der Waals surface area contributed by atoms with Crippen molar-refractivity contribution in [2.24, 2.45) is 0 Å². The van der Waals surface area contributed by atoms with Crippen molar-refractivity contribution in [2.45, 2.75) is 25.6 Å². The Morgan fingerprint density at radius 2 is 2.00 bits per heavy atom. The minimum Gasteiger partial charge on any atom is -0.489 e. The summed E-state index contributed by atoms with van der Waals surface area (Å²) in [6.07, 6.45) is -0.301. The van der Waals surface area contributed by atoms with Crippen LogP contribution in [0.5, 0.6) is 5.75 Å². The van der Waals surface area contributed by atoms with Crippen LogP contribution in [-0.2, 0) is 0 Å². The Hall–Kier alpha value is -0.520. The minimum atomic E-state index is -0.635. The van der Waals surface area contributed by atoms with Gasteiger partial charge in [-0.15, -0.1) is 0 Å². The molecule has 2 N–H and O–H groups in total. The summed E-state index contributed by atoms with van der Waals surface area (Å²) in [6.45, 7) is 3.06. The Labute approximate surface area is 129 Å². The lowest BCUT2D eigenvalue weighted by molar-refractivity contribution is 0.0709. The van der Waals surface area contributed by atoms with Gasteiger partial charge >= 0.3 is 0 Å². The van der Waals surface area contributed by atoms with Crippen LogP contribution in [0.1, 0.15) is 13.3 Å². The SMILES string of the molecule is CC(O)CCN(C)CC(O)COc1cc(Cl)ccc1Cl. The number of hydrogen-bond acceptors (Lipinski definition) is 4. The number of rotatable bonds is 8. The van der Waals surface area contributed by atoms with Gasteiger partial charge in [-0.3, -0.25) is 0 Å². The van der Waals surface area contributed by atoms with E-state index in [1.165, 1.54) is 0 Å². The second kappa shape index (κ2) is 8.70. The summed E-state index contributed by atoms with van der Waals surface area (Å²) < 4.78 is 5.46. The van der Waals surface area contributed by atoms with Crippen molar-refractivity contribution in [2.75, 3.05) is 26.7 Å². The van der Waals surface area contributed by atoms with Crippen molar-refractivity contribution in [3.8, 4) is 5.75 Å². The molecule has 0 fully saturated rings. The van der Waals surface area contributed by atoms with Gasteiger partial charge in [0.25, 0.3) is 0 Å². The Bertz CT molecular complexity index is 415. The van der Waals surface area contributed by atoms with Crippen molar-refractivity contribution in [3.05, 3.63) is 28.2 Å². The Morgan fingerprint density at radius 1 is 1.30 bits per heavy atom. The first-order chi connectivity index (χ1) is 9.38. The minimum absolute atomic E-state index is 0.138. The molecule has 0 aliphatic carbocycles. The molecule has 0 radical (unpaired) electrons. The van der Waals surface area contributed by atoms with Crippen LogP contribution in [0.4, 0.5) is 0 Å². The average Bonchev–Trinajstić information content (AvgIpc) is 2.37. The van der Waals surface area contributed by atoms with Crippen LogP contribution in [0.15, 0.2) is 18.2 Å². The third-order valence-corrected chi connectivity index (χ3v) is 3.32. The number of aliphatic hydroxyl groups is 2. The van der Waals surface area contributed by atoms with Crippen molar-refractivity contribution in [1.82, 2.24) is 4.90 Å². The van der Waals surface area contributed by atoms with Crippen LogP contribution in [0.2, 0.25) is 10.0 Å². The molecule has 1 aromatic carbocycles. The fraction of sp³-hybridized carbons (Fsp3) is 0.571. The van der Waals surface area contributed by atoms with Crippen molar-refractivity contribution >= 4 is 23.2 Å². The first kappa shape index (κ1) is 17.5. The summed E-state index contributed by atoms with van der Waals surface area (Å²) in [5, 5.41) is 20.1. The summed E-state index contributed by atoms with van der Waals surface area (Å²) >= 11 is 11.8. The number of halogens is 2. The molecule has 1 rings (SSSR count). The van der Waals surface area contributed by atoms with Gasteiger partial charge in [0, 0.05) is 24.2 Å². The maximum absolute atomic E-state index is 9.90. The fourth-order valence-corrected chi connectivity index (χ4v) is 2.02. The zero-order valence-corrected chi connectivity index (χ0v) is 13.2. The lowest BCUT2D eigenvalue weighted by Gasteiger charge is -2.21. The Balaban J connectivity index is 2.35. The maximum Gasteiger partial charge on any atom is 0.139 e. The van der Waals surface area contributed by atoms with Crippen molar-refractivity contribution in [3.63, 3.8) is 0 Å². The first-order valence-electron chi connectivity index (χ1n) is 6.51. The summed E-state index contributed by atoms with van der Waals surface area (Å²) in [6, 6.07) is 4.95. The standard InChI is InChI=1S/C14H21Cl2NO3/c1-10(18)5-6-17(2)8-12(19)9-20-14-7-11(15)3-4-13(14)16/h3-4,7,10,12,18-19H,5-6,8-9H2,1-2H3. The highest BCUT2D eigenvalue weighted by atomic mass is 35.5. The maximum atomic E-state index is 9.90. The van der Waals surface area contributed by atoms with E-state index in [-0.39, 0.29) is 12.7 Å². The first-order valence-corrected chi connectivity index (χ1v) is 7.26. The predicted molar refractivity (Wildman–Crippen MR) is 81.8 cm³/mol. The van der Waals surface area contributed by atoms with E-state index in [1.54, 1.807) is 25.1 Å². The second-order valence-electron chi connectivity index (χ2n) is 4.94. The third-order valence-electron chi connectivity index (χ3n) is 2.78. The number of aliphatic hydroxyl groups excluding tert-OH is 2. The van der Waals surface area contributed by atoms with E-state index in [0.29, 0.717) is 35.3 Å². The monoisotopic (exact) mass is 321 g/mol. The van der Waals surface area contributed by atoms with Crippen LogP contribution in [-0.4, -0.2) is 54.1 Å². The highest BCUT2D eigenvalue weighted by molar-refractivity contribution is 6.34. The molecule has 0 aliphatic heterocycles. The van der Waals surface area contributed by atoms with E-state index in [0.717, 1.165) is 0 Å². The van der Waals surface area contributed by atoms with Gasteiger partial charge in [-0.05, 0) is 32.5 Å². The molecule has 0 spiro atoms. The zero-order valence-electron chi connectivity index (χ0n) is 11.7. The van der Waals surface area contributed by atoms with Gasteiger partial charge in [-0.2, -0.15) is 0 Å². The topological polar surface area (TPSA) is 52.9 Å². The van der Waals surface area contributed by atoms with Gasteiger partial charge in [-0.25, -0.2) is 0 Å². The molecule has 0 aliphatic rings. The summed E-state index contributed by atoms with van der Waals surface area (Å²) in [5.41, 5.74) is 0. The Kier molecular flexibility index (Phi) is 7.62. The molecule has 0 saturated heterocycles. The van der Waals surface area contributed by atoms with Gasteiger partial charge in [-0.1, -0.05) is 23.2 Å².